The first-order valence-electron chi connectivity index (χ1n) is 5.48. The Morgan fingerprint density at radius 3 is 2.47 bits per heavy atom. The second-order valence-corrected chi connectivity index (χ2v) is 5.24. The summed E-state index contributed by atoms with van der Waals surface area (Å²) in [6.45, 7) is 2.07. The highest BCUT2D eigenvalue weighted by Gasteiger charge is 2.04. The van der Waals surface area contributed by atoms with Crippen LogP contribution in [0, 0.1) is 12.7 Å². The fourth-order valence-electron chi connectivity index (χ4n) is 1.87. The number of hydrogen-bond acceptors (Lipinski definition) is 1. The third-order valence-electron chi connectivity index (χ3n) is 2.81. The van der Waals surface area contributed by atoms with Crippen LogP contribution in [-0.4, -0.2) is 0 Å². The molecule has 0 aliphatic rings. The third-order valence-corrected chi connectivity index (χ3v) is 3.98. The van der Waals surface area contributed by atoms with E-state index in [0.717, 1.165) is 10.1 Å². The van der Waals surface area contributed by atoms with Crippen LogP contribution in [0.25, 0.3) is 20.5 Å². The van der Waals surface area contributed by atoms with E-state index in [9.17, 15) is 4.39 Å². The first-order valence-corrected chi connectivity index (χ1v) is 6.30. The lowest BCUT2D eigenvalue weighted by molar-refractivity contribution is 0.630. The zero-order valence-electron chi connectivity index (χ0n) is 9.41. The molecule has 1 heterocycles. The summed E-state index contributed by atoms with van der Waals surface area (Å²) < 4.78 is 14.2. The van der Waals surface area contributed by atoms with E-state index in [1.807, 2.05) is 12.1 Å². The third kappa shape index (κ3) is 1.96. The molecule has 17 heavy (non-hydrogen) atoms. The van der Waals surface area contributed by atoms with Crippen LogP contribution in [0.1, 0.15) is 5.56 Å². The molecule has 0 nitrogen and oxygen atoms in total. The average molecular weight is 242 g/mol. The highest BCUT2D eigenvalue weighted by Crippen LogP contribution is 2.33. The molecule has 0 saturated carbocycles. The quantitative estimate of drug-likeness (QED) is 0.562. The second kappa shape index (κ2) is 3.97. The lowest BCUT2D eigenvalue weighted by atomic mass is 10.1. The molecule has 0 N–H and O–H groups in total. The Balaban J connectivity index is 2.14. The molecule has 2 aromatic carbocycles. The Kier molecular flexibility index (Phi) is 2.45. The van der Waals surface area contributed by atoms with E-state index in [2.05, 4.69) is 31.2 Å². The van der Waals surface area contributed by atoms with Crippen LogP contribution in [-0.2, 0) is 0 Å². The van der Waals surface area contributed by atoms with Crippen molar-refractivity contribution in [2.75, 3.05) is 0 Å². The van der Waals surface area contributed by atoms with Gasteiger partial charge in [-0.05, 0) is 42.1 Å². The van der Waals surface area contributed by atoms with Gasteiger partial charge in [-0.15, -0.1) is 11.3 Å². The zero-order chi connectivity index (χ0) is 11.8. The van der Waals surface area contributed by atoms with E-state index in [1.165, 1.54) is 22.1 Å². The van der Waals surface area contributed by atoms with Crippen LogP contribution in [0.5, 0.6) is 0 Å². The van der Waals surface area contributed by atoms with E-state index in [-0.39, 0.29) is 5.82 Å². The van der Waals surface area contributed by atoms with Gasteiger partial charge in [0, 0.05) is 9.58 Å². The largest absolute Gasteiger partial charge is 0.207 e. The van der Waals surface area contributed by atoms with Gasteiger partial charge in [-0.3, -0.25) is 0 Å². The van der Waals surface area contributed by atoms with Crippen LogP contribution in [0.3, 0.4) is 0 Å². The van der Waals surface area contributed by atoms with Gasteiger partial charge in [0.05, 0.1) is 0 Å². The standard InChI is InChI=1S/C15H11FS/c1-10-2-4-11(5-3-10)15-9-12-8-13(16)6-7-14(12)17-15/h2-9H,1H3. The topological polar surface area (TPSA) is 0 Å². The van der Waals surface area contributed by atoms with Crippen molar-refractivity contribution < 1.29 is 4.39 Å². The van der Waals surface area contributed by atoms with Gasteiger partial charge in [0.15, 0.2) is 0 Å². The minimum absolute atomic E-state index is 0.175. The molecular formula is C15H11FS. The summed E-state index contributed by atoms with van der Waals surface area (Å²) in [6.07, 6.45) is 0. The Labute approximate surface area is 103 Å². The summed E-state index contributed by atoms with van der Waals surface area (Å²) in [5, 5.41) is 0.977. The SMILES string of the molecule is Cc1ccc(-c2cc3cc(F)ccc3s2)cc1. The van der Waals surface area contributed by atoms with Crippen LogP contribution in [0.15, 0.2) is 48.5 Å². The highest BCUT2D eigenvalue weighted by molar-refractivity contribution is 7.22. The Hall–Kier alpha value is -1.67. The normalized spacial score (nSPS) is 10.9. The predicted octanol–water partition coefficient (Wildman–Crippen LogP) is 5.02. The molecule has 0 radical (unpaired) electrons. The lowest BCUT2D eigenvalue weighted by Crippen LogP contribution is -1.73. The average Bonchev–Trinajstić information content (AvgIpc) is 2.72. The summed E-state index contributed by atoms with van der Waals surface area (Å²) in [7, 11) is 0. The van der Waals surface area contributed by atoms with Crippen molar-refractivity contribution in [2.45, 2.75) is 6.92 Å². The van der Waals surface area contributed by atoms with Crippen molar-refractivity contribution in [2.24, 2.45) is 0 Å². The molecule has 0 atom stereocenters. The summed E-state index contributed by atoms with van der Waals surface area (Å²) in [5.41, 5.74) is 2.44. The molecule has 0 fully saturated rings. The Morgan fingerprint density at radius 2 is 1.71 bits per heavy atom. The van der Waals surface area contributed by atoms with Gasteiger partial charge in [-0.25, -0.2) is 4.39 Å². The number of hydrogen-bond donors (Lipinski definition) is 0. The maximum atomic E-state index is 13.1. The van der Waals surface area contributed by atoms with Gasteiger partial charge >= 0.3 is 0 Å². The number of thiophene rings is 1. The number of rotatable bonds is 1. The fourth-order valence-corrected chi connectivity index (χ4v) is 2.92. The van der Waals surface area contributed by atoms with Gasteiger partial charge in [0.1, 0.15) is 5.82 Å². The monoisotopic (exact) mass is 242 g/mol. The van der Waals surface area contributed by atoms with Crippen molar-refractivity contribution >= 4 is 21.4 Å². The van der Waals surface area contributed by atoms with E-state index in [1.54, 1.807) is 17.4 Å². The molecule has 0 aliphatic heterocycles. The van der Waals surface area contributed by atoms with Crippen LogP contribution >= 0.6 is 11.3 Å². The number of fused-ring (bicyclic) bond motifs is 1. The maximum Gasteiger partial charge on any atom is 0.123 e. The van der Waals surface area contributed by atoms with Crippen LogP contribution in [0.2, 0.25) is 0 Å². The van der Waals surface area contributed by atoms with Crippen molar-refractivity contribution in [3.63, 3.8) is 0 Å². The van der Waals surface area contributed by atoms with E-state index >= 15 is 0 Å². The molecule has 0 spiro atoms. The lowest BCUT2D eigenvalue weighted by Gasteiger charge is -1.96. The van der Waals surface area contributed by atoms with Gasteiger partial charge in [-0.2, -0.15) is 0 Å². The molecule has 0 bridgehead atoms. The highest BCUT2D eigenvalue weighted by atomic mass is 32.1. The molecular weight excluding hydrogens is 231 g/mol. The minimum Gasteiger partial charge on any atom is -0.207 e. The number of benzene rings is 2. The summed E-state index contributed by atoms with van der Waals surface area (Å²) in [6, 6.07) is 15.4. The molecule has 2 heteroatoms. The molecule has 0 unspecified atom stereocenters. The molecule has 0 aliphatic carbocycles. The van der Waals surface area contributed by atoms with Crippen molar-refractivity contribution in [3.05, 3.63) is 59.9 Å². The second-order valence-electron chi connectivity index (χ2n) is 4.16. The smallest absolute Gasteiger partial charge is 0.123 e. The first kappa shape index (κ1) is 10.5. The number of aryl methyl sites for hydroxylation is 1. The Morgan fingerprint density at radius 1 is 0.941 bits per heavy atom. The van der Waals surface area contributed by atoms with Crippen molar-refractivity contribution in [3.8, 4) is 10.4 Å². The minimum atomic E-state index is -0.175. The molecule has 3 aromatic rings. The van der Waals surface area contributed by atoms with Crippen LogP contribution < -0.4 is 0 Å². The van der Waals surface area contributed by atoms with Crippen LogP contribution in [0.4, 0.5) is 4.39 Å². The maximum absolute atomic E-state index is 13.1. The molecule has 84 valence electrons. The van der Waals surface area contributed by atoms with E-state index in [4.69, 9.17) is 0 Å². The number of halogens is 1. The summed E-state index contributed by atoms with van der Waals surface area (Å²) in [5.74, 6) is -0.175. The summed E-state index contributed by atoms with van der Waals surface area (Å²) in [4.78, 5) is 1.19. The van der Waals surface area contributed by atoms with Crippen molar-refractivity contribution in [1.82, 2.24) is 0 Å². The van der Waals surface area contributed by atoms with E-state index in [0.29, 0.717) is 0 Å². The molecule has 0 amide bonds. The fraction of sp³-hybridized carbons (Fsp3) is 0.0667. The molecule has 1 aromatic heterocycles. The predicted molar refractivity (Wildman–Crippen MR) is 72.0 cm³/mol. The summed E-state index contributed by atoms with van der Waals surface area (Å²) >= 11 is 1.70. The van der Waals surface area contributed by atoms with E-state index < -0.39 is 0 Å². The van der Waals surface area contributed by atoms with Gasteiger partial charge < -0.3 is 0 Å². The van der Waals surface area contributed by atoms with Gasteiger partial charge in [-0.1, -0.05) is 29.8 Å². The zero-order valence-corrected chi connectivity index (χ0v) is 10.2. The van der Waals surface area contributed by atoms with Gasteiger partial charge in [0.25, 0.3) is 0 Å². The van der Waals surface area contributed by atoms with Crippen molar-refractivity contribution in [1.29, 1.82) is 0 Å². The molecule has 3 rings (SSSR count). The Bertz CT molecular complexity index is 665. The first-order chi connectivity index (χ1) is 8.22. The van der Waals surface area contributed by atoms with Gasteiger partial charge in [0.2, 0.25) is 0 Å². The molecule has 0 saturated heterocycles.